The van der Waals surface area contributed by atoms with E-state index in [0.717, 1.165) is 35.7 Å². The number of nitrogens with zero attached hydrogens (tertiary/aromatic N) is 4. The first-order chi connectivity index (χ1) is 15.0. The number of hydrogen-bond acceptors (Lipinski definition) is 7. The van der Waals surface area contributed by atoms with Crippen LogP contribution in [-0.4, -0.2) is 47.1 Å². The molecule has 9 heteroatoms. The molecule has 162 valence electrons. The van der Waals surface area contributed by atoms with Crippen molar-refractivity contribution < 1.29 is 18.3 Å². The third kappa shape index (κ3) is 5.43. The van der Waals surface area contributed by atoms with Crippen molar-refractivity contribution in [2.45, 2.75) is 32.7 Å². The molecule has 0 bridgehead atoms. The molecule has 31 heavy (non-hydrogen) atoms. The van der Waals surface area contributed by atoms with Crippen molar-refractivity contribution in [1.82, 2.24) is 15.2 Å². The summed E-state index contributed by atoms with van der Waals surface area (Å²) in [4.78, 5) is 6.70. The summed E-state index contributed by atoms with van der Waals surface area (Å²) in [5.74, 6) is 1.53. The van der Waals surface area contributed by atoms with E-state index in [0.29, 0.717) is 5.82 Å². The maximum Gasteiger partial charge on any atom is 0.387 e. The molecule has 0 radical (unpaired) electrons. The van der Waals surface area contributed by atoms with E-state index in [9.17, 15) is 8.78 Å². The van der Waals surface area contributed by atoms with Gasteiger partial charge in [-0.25, -0.2) is 4.98 Å². The van der Waals surface area contributed by atoms with E-state index < -0.39 is 6.61 Å². The Labute approximate surface area is 179 Å². The van der Waals surface area contributed by atoms with Crippen molar-refractivity contribution in [2.24, 2.45) is 0 Å². The van der Waals surface area contributed by atoms with Gasteiger partial charge in [-0.15, -0.1) is 5.10 Å². The lowest BCUT2D eigenvalue weighted by Crippen LogP contribution is -2.45. The number of anilines is 3. The van der Waals surface area contributed by atoms with Gasteiger partial charge < -0.3 is 19.7 Å². The molecule has 2 aromatic heterocycles. The second-order valence-electron chi connectivity index (χ2n) is 7.42. The van der Waals surface area contributed by atoms with Gasteiger partial charge in [-0.05, 0) is 43.7 Å². The standard InChI is InChI=1S/C22H23F2N5O2/c1-14-12-29(13-15(2)30-14)21-10-18(7-8-25-21)27-20-9-17(11-26-28-20)16-3-5-19(6-4-16)31-22(23)24/h3-11,14-15,22H,12-13H2,1-2H3,(H,25,27,28)/t14-,15-/m0/s1. The summed E-state index contributed by atoms with van der Waals surface area (Å²) in [5.41, 5.74) is 2.45. The Hall–Kier alpha value is -3.33. The van der Waals surface area contributed by atoms with Crippen molar-refractivity contribution in [3.63, 3.8) is 0 Å². The zero-order valence-corrected chi connectivity index (χ0v) is 17.2. The van der Waals surface area contributed by atoms with Crippen LogP contribution < -0.4 is 15.0 Å². The Morgan fingerprint density at radius 1 is 1.06 bits per heavy atom. The van der Waals surface area contributed by atoms with Gasteiger partial charge in [0.05, 0.1) is 18.4 Å². The first-order valence-electron chi connectivity index (χ1n) is 9.98. The zero-order valence-electron chi connectivity index (χ0n) is 17.2. The van der Waals surface area contributed by atoms with E-state index in [-0.39, 0.29) is 18.0 Å². The van der Waals surface area contributed by atoms with Crippen LogP contribution in [0.3, 0.4) is 0 Å². The number of nitrogens with one attached hydrogen (secondary N) is 1. The van der Waals surface area contributed by atoms with Gasteiger partial charge in [0.15, 0.2) is 5.82 Å². The molecule has 1 N–H and O–H groups in total. The fourth-order valence-electron chi connectivity index (χ4n) is 3.60. The van der Waals surface area contributed by atoms with Gasteiger partial charge in [0.25, 0.3) is 0 Å². The van der Waals surface area contributed by atoms with Crippen LogP contribution in [0.1, 0.15) is 13.8 Å². The van der Waals surface area contributed by atoms with E-state index in [4.69, 9.17) is 4.74 Å². The van der Waals surface area contributed by atoms with Crippen LogP contribution in [0.2, 0.25) is 0 Å². The number of alkyl halides is 2. The normalized spacial score (nSPS) is 18.8. The van der Waals surface area contributed by atoms with Crippen molar-refractivity contribution in [2.75, 3.05) is 23.3 Å². The highest BCUT2D eigenvalue weighted by Gasteiger charge is 2.23. The summed E-state index contributed by atoms with van der Waals surface area (Å²) in [6, 6.07) is 12.1. The predicted molar refractivity (Wildman–Crippen MR) is 114 cm³/mol. The maximum atomic E-state index is 12.3. The SMILES string of the molecule is C[C@H]1CN(c2cc(Nc3cc(-c4ccc(OC(F)F)cc4)cnn3)ccn2)C[C@H](C)O1. The minimum Gasteiger partial charge on any atom is -0.435 e. The fraction of sp³-hybridized carbons (Fsp3) is 0.318. The second-order valence-corrected chi connectivity index (χ2v) is 7.42. The quantitative estimate of drug-likeness (QED) is 0.621. The highest BCUT2D eigenvalue weighted by Crippen LogP contribution is 2.26. The van der Waals surface area contributed by atoms with Crippen LogP contribution in [0.15, 0.2) is 54.9 Å². The van der Waals surface area contributed by atoms with Gasteiger partial charge in [0.1, 0.15) is 11.6 Å². The van der Waals surface area contributed by atoms with E-state index in [1.54, 1.807) is 24.5 Å². The molecule has 0 spiro atoms. The smallest absolute Gasteiger partial charge is 0.387 e. The van der Waals surface area contributed by atoms with Crippen LogP contribution in [0.5, 0.6) is 5.75 Å². The Kier molecular flexibility index (Phi) is 6.22. The van der Waals surface area contributed by atoms with Crippen LogP contribution >= 0.6 is 0 Å². The van der Waals surface area contributed by atoms with Crippen LogP contribution in [0, 0.1) is 0 Å². The Morgan fingerprint density at radius 3 is 2.52 bits per heavy atom. The number of benzene rings is 1. The Bertz CT molecular complexity index is 1010. The molecular weight excluding hydrogens is 404 g/mol. The molecule has 0 saturated carbocycles. The molecule has 3 heterocycles. The molecule has 3 aromatic rings. The van der Waals surface area contributed by atoms with Crippen LogP contribution in [0.25, 0.3) is 11.1 Å². The van der Waals surface area contributed by atoms with Crippen molar-refractivity contribution in [1.29, 1.82) is 0 Å². The molecule has 1 aromatic carbocycles. The second kappa shape index (κ2) is 9.22. The summed E-state index contributed by atoms with van der Waals surface area (Å²) in [6.07, 6.45) is 3.65. The third-order valence-electron chi connectivity index (χ3n) is 4.83. The first-order valence-corrected chi connectivity index (χ1v) is 9.98. The van der Waals surface area contributed by atoms with E-state index in [1.807, 2.05) is 18.2 Å². The van der Waals surface area contributed by atoms with Gasteiger partial charge in [0.2, 0.25) is 0 Å². The molecule has 1 aliphatic rings. The molecule has 1 fully saturated rings. The highest BCUT2D eigenvalue weighted by molar-refractivity contribution is 5.68. The number of pyridine rings is 1. The molecule has 1 aliphatic heterocycles. The lowest BCUT2D eigenvalue weighted by molar-refractivity contribution is -0.0498. The number of halogens is 2. The zero-order chi connectivity index (χ0) is 21.8. The molecule has 0 aliphatic carbocycles. The molecule has 2 atom stereocenters. The van der Waals surface area contributed by atoms with Gasteiger partial charge >= 0.3 is 6.61 Å². The van der Waals surface area contributed by atoms with Crippen molar-refractivity contribution in [3.05, 3.63) is 54.9 Å². The van der Waals surface area contributed by atoms with Gasteiger partial charge in [0, 0.05) is 36.6 Å². The topological polar surface area (TPSA) is 72.4 Å². The Morgan fingerprint density at radius 2 is 1.81 bits per heavy atom. The van der Waals surface area contributed by atoms with Crippen molar-refractivity contribution in [3.8, 4) is 16.9 Å². The summed E-state index contributed by atoms with van der Waals surface area (Å²) in [7, 11) is 0. The Balaban J connectivity index is 1.49. The molecule has 1 saturated heterocycles. The maximum absolute atomic E-state index is 12.3. The fourth-order valence-corrected chi connectivity index (χ4v) is 3.60. The van der Waals surface area contributed by atoms with E-state index in [1.165, 1.54) is 12.1 Å². The summed E-state index contributed by atoms with van der Waals surface area (Å²) < 4.78 is 34.8. The number of ether oxygens (including phenoxy) is 2. The lowest BCUT2D eigenvalue weighted by atomic mass is 10.1. The predicted octanol–water partition coefficient (Wildman–Crippen LogP) is 4.50. The monoisotopic (exact) mass is 427 g/mol. The highest BCUT2D eigenvalue weighted by atomic mass is 19.3. The third-order valence-corrected chi connectivity index (χ3v) is 4.83. The molecule has 0 amide bonds. The summed E-state index contributed by atoms with van der Waals surface area (Å²) in [6.45, 7) is 2.82. The average Bonchev–Trinajstić information content (AvgIpc) is 2.74. The van der Waals surface area contributed by atoms with E-state index >= 15 is 0 Å². The van der Waals surface area contributed by atoms with Gasteiger partial charge in [-0.2, -0.15) is 13.9 Å². The molecule has 7 nitrogen and oxygen atoms in total. The molecular formula is C22H23F2N5O2. The largest absolute Gasteiger partial charge is 0.435 e. The van der Waals surface area contributed by atoms with Crippen molar-refractivity contribution >= 4 is 17.3 Å². The first kappa shape index (κ1) is 20.9. The lowest BCUT2D eigenvalue weighted by Gasteiger charge is -2.36. The average molecular weight is 427 g/mol. The van der Waals surface area contributed by atoms with Crippen LogP contribution in [0.4, 0.5) is 26.1 Å². The molecule has 4 rings (SSSR count). The van der Waals surface area contributed by atoms with Gasteiger partial charge in [-0.1, -0.05) is 12.1 Å². The van der Waals surface area contributed by atoms with Crippen LogP contribution in [-0.2, 0) is 4.74 Å². The number of hydrogen-bond donors (Lipinski definition) is 1. The molecule has 0 unspecified atom stereocenters. The van der Waals surface area contributed by atoms with E-state index in [2.05, 4.69) is 44.0 Å². The van der Waals surface area contributed by atoms with Gasteiger partial charge in [-0.3, -0.25) is 0 Å². The number of morpholine rings is 1. The minimum absolute atomic E-state index is 0.107. The summed E-state index contributed by atoms with van der Waals surface area (Å²) >= 11 is 0. The minimum atomic E-state index is -2.85. The summed E-state index contributed by atoms with van der Waals surface area (Å²) in [5, 5.41) is 11.5. The number of rotatable bonds is 6. The number of aromatic nitrogens is 3.